The van der Waals surface area contributed by atoms with E-state index in [9.17, 15) is 28.8 Å². The molecule has 3 N–H and O–H groups in total. The van der Waals surface area contributed by atoms with Crippen LogP contribution >= 0.6 is 34.3 Å². The first-order valence-corrected chi connectivity index (χ1v) is 36.8. The Labute approximate surface area is 589 Å². The number of carbonyl (C=O) groups is 6. The number of nitrogens with one attached hydrogen (secondary N) is 3. The Balaban J connectivity index is 0.000000151. The predicted octanol–water partition coefficient (Wildman–Crippen LogP) is 14.3. The molecule has 0 unspecified atom stereocenters. The van der Waals surface area contributed by atoms with Crippen LogP contribution < -0.4 is 30.7 Å². The van der Waals surface area contributed by atoms with Gasteiger partial charge in [0.15, 0.2) is 0 Å². The number of halogens is 1. The number of rotatable bonds is 11. The molecule has 8 aromatic rings. The highest BCUT2D eigenvalue weighted by Gasteiger charge is 2.46. The Morgan fingerprint density at radius 3 is 1.44 bits per heavy atom. The summed E-state index contributed by atoms with van der Waals surface area (Å²) in [6, 6.07) is 37.3. The third kappa shape index (κ3) is 14.4. The smallest absolute Gasteiger partial charge is 0.348 e. The van der Waals surface area contributed by atoms with Crippen LogP contribution in [-0.2, 0) is 57.5 Å². The molecule has 99 heavy (non-hydrogen) atoms. The number of ether oxygens (including phenoxy) is 4. The minimum absolute atomic E-state index is 0.118. The molecule has 4 aromatic carbocycles. The van der Waals surface area contributed by atoms with E-state index in [4.69, 9.17) is 35.5 Å². The van der Waals surface area contributed by atoms with Crippen molar-refractivity contribution >= 4 is 98.4 Å². The zero-order valence-corrected chi connectivity index (χ0v) is 58.3. The Morgan fingerprint density at radius 1 is 0.535 bits per heavy atom. The monoisotopic (exact) mass is 1390 g/mol. The highest BCUT2D eigenvalue weighted by Crippen LogP contribution is 2.46. The van der Waals surface area contributed by atoms with E-state index in [0.717, 1.165) is 170 Å². The highest BCUT2D eigenvalue weighted by atomic mass is 35.5. The molecule has 16 rings (SSSR count). The number of esters is 2. The van der Waals surface area contributed by atoms with Gasteiger partial charge in [0.2, 0.25) is 0 Å². The number of carbonyl (C=O) groups excluding carboxylic acids is 6. The summed E-state index contributed by atoms with van der Waals surface area (Å²) < 4.78 is 21.3. The number of pyridine rings is 2. The van der Waals surface area contributed by atoms with Gasteiger partial charge in [0.25, 0.3) is 23.6 Å². The van der Waals surface area contributed by atoms with Crippen molar-refractivity contribution in [3.05, 3.63) is 192 Å². The van der Waals surface area contributed by atoms with E-state index in [-0.39, 0.29) is 46.1 Å². The van der Waals surface area contributed by atoms with E-state index >= 15 is 0 Å². The third-order valence-corrected chi connectivity index (χ3v) is 23.1. The number of benzene rings is 4. The first kappa shape index (κ1) is 67.5. The molecular formula is C78H81ClN8O10S2. The lowest BCUT2D eigenvalue weighted by Gasteiger charge is -2.53. The molecule has 0 atom stereocenters. The number of aryl methyl sites for hydroxylation is 4. The molecule has 4 fully saturated rings. The van der Waals surface area contributed by atoms with Crippen LogP contribution in [-0.4, -0.2) is 124 Å². The average Bonchev–Trinajstić information content (AvgIpc) is 1.27. The fourth-order valence-corrected chi connectivity index (χ4v) is 17.3. The summed E-state index contributed by atoms with van der Waals surface area (Å²) in [5, 5.41) is 9.50. The van der Waals surface area contributed by atoms with Crippen molar-refractivity contribution in [3.63, 3.8) is 0 Å². The third-order valence-electron chi connectivity index (χ3n) is 20.4. The maximum atomic E-state index is 14.0. The number of fused-ring (bicyclic) bond motifs is 8. The van der Waals surface area contributed by atoms with Crippen LogP contribution in [0.4, 0.5) is 28.6 Å². The van der Waals surface area contributed by atoms with Crippen molar-refractivity contribution in [3.8, 4) is 20.9 Å². The molecule has 4 aromatic heterocycles. The Hall–Kier alpha value is -8.63. The van der Waals surface area contributed by atoms with Crippen LogP contribution in [0.5, 0.6) is 0 Å². The van der Waals surface area contributed by atoms with Crippen LogP contribution in [0.3, 0.4) is 0 Å². The molecule has 0 radical (unpaired) electrons. The molecule has 18 nitrogen and oxygen atoms in total. The highest BCUT2D eigenvalue weighted by molar-refractivity contribution is 7.18. The number of nitrogens with zero attached hydrogens (tertiary/aromatic N) is 5. The molecule has 2 spiro atoms. The van der Waals surface area contributed by atoms with Crippen LogP contribution in [0.25, 0.3) is 20.9 Å². The van der Waals surface area contributed by atoms with Gasteiger partial charge < -0.3 is 49.6 Å². The molecule has 0 saturated carbocycles. The number of hydrogen-bond acceptors (Lipinski definition) is 16. The molecule has 21 heteroatoms. The molecule has 2 aliphatic carbocycles. The summed E-state index contributed by atoms with van der Waals surface area (Å²) in [5.41, 5.74) is 14.0. The van der Waals surface area contributed by atoms with Gasteiger partial charge in [-0.3, -0.25) is 19.2 Å². The van der Waals surface area contributed by atoms with Crippen LogP contribution in [0.1, 0.15) is 160 Å². The SMILES string of the molecule is C1CC2(CCO1)CNC2.CCOC(=O)c1cc2c(s1)-c1ccccc1N(C(=O)c1ccc(NC(=O)c3cc4c(nc3Cl)CCCC4)cc1)CC2.CCOC(=O)c1cc2c(s1)-c1ccccc1N(C(=O)c1ccc(NC(=O)c3cc4c(nc3N3CC5(CCOCC5)C3)CCCC4)cc1)CC2. The van der Waals surface area contributed by atoms with Gasteiger partial charge in [0.1, 0.15) is 20.7 Å². The van der Waals surface area contributed by atoms with E-state index in [1.807, 2.05) is 71.6 Å². The van der Waals surface area contributed by atoms with Gasteiger partial charge in [0.05, 0.1) is 35.7 Å². The van der Waals surface area contributed by atoms with Crippen LogP contribution in [0.2, 0.25) is 5.15 Å². The molecule has 4 amide bonds. The van der Waals surface area contributed by atoms with Crippen LogP contribution in [0.15, 0.2) is 121 Å². The first-order valence-electron chi connectivity index (χ1n) is 34.8. The van der Waals surface area contributed by atoms with Gasteiger partial charge >= 0.3 is 11.9 Å². The van der Waals surface area contributed by atoms with E-state index in [1.54, 1.807) is 67.3 Å². The fourth-order valence-electron chi connectivity index (χ4n) is 14.8. The minimum atomic E-state index is -0.329. The number of anilines is 5. The second kappa shape index (κ2) is 29.7. The summed E-state index contributed by atoms with van der Waals surface area (Å²) in [5.74, 6) is -0.633. The van der Waals surface area contributed by atoms with Gasteiger partial charge in [-0.05, 0) is 216 Å². The maximum absolute atomic E-state index is 14.0. The van der Waals surface area contributed by atoms with Gasteiger partial charge in [-0.1, -0.05) is 48.0 Å². The number of amides is 4. The zero-order valence-electron chi connectivity index (χ0n) is 55.9. The zero-order chi connectivity index (χ0) is 68.2. The lowest BCUT2D eigenvalue weighted by atomic mass is 9.73. The normalized spacial score (nSPS) is 17.4. The average molecular weight is 1390 g/mol. The van der Waals surface area contributed by atoms with Gasteiger partial charge in [-0.15, -0.1) is 22.7 Å². The Bertz CT molecular complexity index is 4370. The summed E-state index contributed by atoms with van der Waals surface area (Å²) in [4.78, 5) is 97.9. The molecule has 10 heterocycles. The molecule has 4 saturated heterocycles. The number of thiophene rings is 2. The second-order valence-electron chi connectivity index (χ2n) is 26.9. The lowest BCUT2D eigenvalue weighted by molar-refractivity contribution is -0.0130. The summed E-state index contributed by atoms with van der Waals surface area (Å²) in [6.07, 6.45) is 14.0. The number of hydrogen-bond donors (Lipinski definition) is 3. The van der Waals surface area contributed by atoms with Crippen molar-refractivity contribution in [2.75, 3.05) is 104 Å². The fraction of sp³-hybridized carbons (Fsp3) is 0.385. The molecular weight excluding hydrogens is 1310 g/mol. The van der Waals surface area contributed by atoms with Gasteiger partial charge in [-0.25, -0.2) is 19.6 Å². The van der Waals surface area contributed by atoms with Crippen molar-refractivity contribution in [1.82, 2.24) is 15.3 Å². The standard InChI is InChI=1S/C39H40N4O5S.C32H28ClN3O4S.C7H13NO/c1-2-48-38(46)33-22-27-15-18-43(32-10-6-4-8-29(32)34(27)49-33)37(45)25-11-13-28(14-12-25)40-36(44)30-21-26-7-3-5-9-31(26)41-35(30)42-23-39(24-42)16-19-47-20-17-39;1-2-40-32(39)27-18-21-15-16-36(26-10-6-4-8-23(26)28(21)41-27)31(38)19-11-13-22(14-12-19)34-30(37)24-17-20-7-3-5-9-25(20)35-29(24)33;1-3-9-4-2-7(1)5-8-6-7/h4,6,8,10-14,21-22H,2-3,5,7,9,15-20,23-24H2,1H3,(H,40,44);4,6,8,10-14,17-18H,2-3,5,7,9,15-16H2,1H3,(H,34,37);8H,1-6H2. The molecule has 512 valence electrons. The van der Waals surface area contributed by atoms with Gasteiger partial charge in [0, 0.05) is 126 Å². The molecule has 0 bridgehead atoms. The summed E-state index contributed by atoms with van der Waals surface area (Å²) >= 11 is 9.16. The van der Waals surface area contributed by atoms with Crippen molar-refractivity contribution in [2.24, 2.45) is 10.8 Å². The Kier molecular flexibility index (Phi) is 20.2. The van der Waals surface area contributed by atoms with E-state index < -0.39 is 0 Å². The van der Waals surface area contributed by atoms with E-state index in [0.29, 0.717) is 87.9 Å². The number of para-hydroxylation sites is 2. The van der Waals surface area contributed by atoms with Crippen molar-refractivity contribution in [2.45, 2.75) is 104 Å². The Morgan fingerprint density at radius 2 is 0.980 bits per heavy atom. The van der Waals surface area contributed by atoms with Crippen molar-refractivity contribution < 1.29 is 47.7 Å². The number of aromatic nitrogens is 2. The maximum Gasteiger partial charge on any atom is 0.348 e. The minimum Gasteiger partial charge on any atom is -0.462 e. The predicted molar refractivity (Wildman–Crippen MR) is 388 cm³/mol. The van der Waals surface area contributed by atoms with Gasteiger partial charge in [-0.2, -0.15) is 0 Å². The first-order chi connectivity index (χ1) is 48.2. The molecule has 6 aliphatic heterocycles. The largest absolute Gasteiger partial charge is 0.462 e. The van der Waals surface area contributed by atoms with Crippen molar-refractivity contribution in [1.29, 1.82) is 0 Å². The molecule has 8 aliphatic rings. The van der Waals surface area contributed by atoms with E-state index in [2.05, 4.69) is 31.9 Å². The van der Waals surface area contributed by atoms with E-state index in [1.165, 1.54) is 54.2 Å². The lowest BCUT2D eigenvalue weighted by Crippen LogP contribution is -2.59. The summed E-state index contributed by atoms with van der Waals surface area (Å²) in [6.45, 7) is 13.0. The summed E-state index contributed by atoms with van der Waals surface area (Å²) in [7, 11) is 0. The second-order valence-corrected chi connectivity index (χ2v) is 29.3. The quantitative estimate of drug-likeness (QED) is 0.0813. The van der Waals surface area contributed by atoms with Crippen LogP contribution in [0, 0.1) is 10.8 Å². The topological polar surface area (TPSA) is 211 Å².